The zero-order chi connectivity index (χ0) is 18.2. The van der Waals surface area contributed by atoms with Crippen LogP contribution in [0.1, 0.15) is 24.5 Å². The Bertz CT molecular complexity index is 987. The summed E-state index contributed by atoms with van der Waals surface area (Å²) in [5.41, 5.74) is 1.80. The average molecular weight is 353 g/mol. The number of aryl methyl sites for hydroxylation is 1. The average Bonchev–Trinajstić information content (AvgIpc) is 2.89. The lowest BCUT2D eigenvalue weighted by Crippen LogP contribution is -2.32. The molecule has 0 aliphatic heterocycles. The third-order valence-corrected chi connectivity index (χ3v) is 4.69. The number of ether oxygens (including phenoxy) is 1. The van der Waals surface area contributed by atoms with Crippen molar-refractivity contribution in [2.45, 2.75) is 26.8 Å². The number of thiazole rings is 1. The molecule has 5 nitrogen and oxygen atoms in total. The van der Waals surface area contributed by atoms with Gasteiger partial charge in [0, 0.05) is 19.8 Å². The van der Waals surface area contributed by atoms with E-state index in [0.717, 1.165) is 11.1 Å². The Labute approximate surface area is 150 Å². The molecule has 0 N–H and O–H groups in total. The highest BCUT2D eigenvalue weighted by atomic mass is 32.1. The molecule has 0 aliphatic rings. The van der Waals surface area contributed by atoms with Crippen LogP contribution in [0.5, 0.6) is 0 Å². The van der Waals surface area contributed by atoms with Crippen LogP contribution in [0.25, 0.3) is 11.6 Å². The maximum atomic E-state index is 12.7. The second-order valence-electron chi connectivity index (χ2n) is 5.44. The fourth-order valence-electron chi connectivity index (χ4n) is 2.41. The van der Waals surface area contributed by atoms with E-state index in [1.807, 2.05) is 50.3 Å². The first kappa shape index (κ1) is 18.7. The fraction of sp³-hybridized carbons (Fsp3) is 0.316. The minimum atomic E-state index is -0.180. The van der Waals surface area contributed by atoms with Crippen LogP contribution in [0.3, 0.4) is 0 Å². The molecule has 1 heterocycles. The Morgan fingerprint density at radius 3 is 2.76 bits per heavy atom. The van der Waals surface area contributed by atoms with Crippen molar-refractivity contribution in [2.24, 2.45) is 0 Å². The molecule has 1 aromatic heterocycles. The number of benzene rings is 1. The van der Waals surface area contributed by atoms with Gasteiger partial charge in [0.1, 0.15) is 16.8 Å². The fourth-order valence-corrected chi connectivity index (χ4v) is 3.49. The van der Waals surface area contributed by atoms with E-state index in [0.29, 0.717) is 35.4 Å². The van der Waals surface area contributed by atoms with E-state index in [1.54, 1.807) is 6.08 Å². The van der Waals surface area contributed by atoms with Crippen molar-refractivity contribution < 1.29 is 4.74 Å². The second kappa shape index (κ2) is 8.98. The Hall–Kier alpha value is -2.67. The van der Waals surface area contributed by atoms with Gasteiger partial charge in [-0.2, -0.15) is 10.5 Å². The molecule has 25 heavy (non-hydrogen) atoms. The first-order chi connectivity index (χ1) is 12.1. The SMILES string of the molecule is CCOCCCn1c(=C(C#N)C#N)s/c(=C\c2cccc(C)c2)c1=O. The lowest BCUT2D eigenvalue weighted by atomic mass is 10.1. The molecule has 6 heteroatoms. The zero-order valence-electron chi connectivity index (χ0n) is 14.3. The van der Waals surface area contributed by atoms with Gasteiger partial charge in [0.25, 0.3) is 5.56 Å². The minimum absolute atomic E-state index is 0.0394. The lowest BCUT2D eigenvalue weighted by molar-refractivity contribution is 0.141. The van der Waals surface area contributed by atoms with Crippen molar-refractivity contribution in [3.63, 3.8) is 0 Å². The number of nitriles is 2. The van der Waals surface area contributed by atoms with E-state index < -0.39 is 0 Å². The Balaban J connectivity index is 2.58. The Kier molecular flexibility index (Phi) is 6.71. The lowest BCUT2D eigenvalue weighted by Gasteiger charge is -2.02. The molecular weight excluding hydrogens is 334 g/mol. The van der Waals surface area contributed by atoms with Gasteiger partial charge in [0.2, 0.25) is 0 Å². The topological polar surface area (TPSA) is 78.8 Å². The van der Waals surface area contributed by atoms with Crippen LogP contribution in [-0.4, -0.2) is 17.8 Å². The van der Waals surface area contributed by atoms with Gasteiger partial charge in [0.05, 0.1) is 4.53 Å². The maximum absolute atomic E-state index is 12.7. The number of rotatable bonds is 6. The summed E-state index contributed by atoms with van der Waals surface area (Å²) in [5.74, 6) is 0. The summed E-state index contributed by atoms with van der Waals surface area (Å²) < 4.78 is 7.74. The third-order valence-electron chi connectivity index (χ3n) is 3.56. The molecule has 128 valence electrons. The van der Waals surface area contributed by atoms with E-state index in [2.05, 4.69) is 0 Å². The van der Waals surface area contributed by atoms with Crippen LogP contribution in [0.15, 0.2) is 29.1 Å². The van der Waals surface area contributed by atoms with Crippen molar-refractivity contribution in [2.75, 3.05) is 13.2 Å². The monoisotopic (exact) mass is 353 g/mol. The highest BCUT2D eigenvalue weighted by Gasteiger charge is 2.09. The van der Waals surface area contributed by atoms with Crippen molar-refractivity contribution in [3.8, 4) is 12.1 Å². The number of hydrogen-bond acceptors (Lipinski definition) is 5. The first-order valence-corrected chi connectivity index (χ1v) is 8.82. The molecule has 0 aliphatic carbocycles. The molecule has 2 aromatic rings. The van der Waals surface area contributed by atoms with E-state index in [9.17, 15) is 15.3 Å². The largest absolute Gasteiger partial charge is 0.382 e. The van der Waals surface area contributed by atoms with Gasteiger partial charge in [-0.15, -0.1) is 11.3 Å². The molecule has 1 aromatic carbocycles. The standard InChI is InChI=1S/C19H19N3O2S/c1-3-24-9-5-8-22-18(23)17(25-19(22)16(12-20)13-21)11-15-7-4-6-14(2)10-15/h4,6-7,10-11H,3,5,8-9H2,1-2H3/b17-11-. The van der Waals surface area contributed by atoms with Crippen LogP contribution in [0.4, 0.5) is 0 Å². The van der Waals surface area contributed by atoms with Gasteiger partial charge < -0.3 is 4.74 Å². The number of aromatic nitrogens is 1. The van der Waals surface area contributed by atoms with Crippen LogP contribution < -0.4 is 14.8 Å². The Morgan fingerprint density at radius 2 is 2.12 bits per heavy atom. The van der Waals surface area contributed by atoms with Crippen molar-refractivity contribution in [1.29, 1.82) is 10.5 Å². The molecule has 2 rings (SSSR count). The predicted octanol–water partition coefficient (Wildman–Crippen LogP) is 1.67. The van der Waals surface area contributed by atoms with E-state index in [1.165, 1.54) is 15.9 Å². The van der Waals surface area contributed by atoms with Crippen molar-refractivity contribution in [3.05, 3.63) is 54.9 Å². The van der Waals surface area contributed by atoms with E-state index in [-0.39, 0.29) is 11.1 Å². The smallest absolute Gasteiger partial charge is 0.269 e. The molecule has 0 spiro atoms. The van der Waals surface area contributed by atoms with E-state index in [4.69, 9.17) is 4.74 Å². The summed E-state index contributed by atoms with van der Waals surface area (Å²) in [7, 11) is 0. The van der Waals surface area contributed by atoms with Crippen molar-refractivity contribution >= 4 is 23.0 Å². The third kappa shape index (κ3) is 4.67. The molecule has 0 fully saturated rings. The second-order valence-corrected chi connectivity index (χ2v) is 6.47. The molecule has 0 saturated heterocycles. The summed E-state index contributed by atoms with van der Waals surface area (Å²) in [5, 5.41) is 18.4. The highest BCUT2D eigenvalue weighted by Crippen LogP contribution is 2.04. The summed E-state index contributed by atoms with van der Waals surface area (Å²) in [6.45, 7) is 5.46. The van der Waals surface area contributed by atoms with Crippen LogP contribution in [-0.2, 0) is 11.3 Å². The number of hydrogen-bond donors (Lipinski definition) is 0. The van der Waals surface area contributed by atoms with Gasteiger partial charge in [-0.05, 0) is 31.9 Å². The molecule has 0 saturated carbocycles. The van der Waals surface area contributed by atoms with Gasteiger partial charge in [-0.3, -0.25) is 9.36 Å². The first-order valence-electron chi connectivity index (χ1n) is 8.01. The van der Waals surface area contributed by atoms with Gasteiger partial charge in [-0.25, -0.2) is 0 Å². The normalized spacial score (nSPS) is 11.1. The molecule has 0 bridgehead atoms. The van der Waals surface area contributed by atoms with Gasteiger partial charge in [0.15, 0.2) is 5.57 Å². The maximum Gasteiger partial charge on any atom is 0.269 e. The number of nitrogens with zero attached hydrogens (tertiary/aromatic N) is 3. The van der Waals surface area contributed by atoms with E-state index >= 15 is 0 Å². The molecule has 0 unspecified atom stereocenters. The Morgan fingerprint density at radius 1 is 1.36 bits per heavy atom. The highest BCUT2D eigenvalue weighted by molar-refractivity contribution is 7.07. The van der Waals surface area contributed by atoms with Crippen LogP contribution >= 0.6 is 11.3 Å². The molecule has 0 amide bonds. The summed E-state index contributed by atoms with van der Waals surface area (Å²) in [4.78, 5) is 12.7. The quantitative estimate of drug-likeness (QED) is 0.740. The predicted molar refractivity (Wildman–Crippen MR) is 98.3 cm³/mol. The molecule has 0 radical (unpaired) electrons. The van der Waals surface area contributed by atoms with Crippen LogP contribution in [0.2, 0.25) is 0 Å². The molecular formula is C19H19N3O2S. The summed E-state index contributed by atoms with van der Waals surface area (Å²) in [6.07, 6.45) is 2.44. The summed E-state index contributed by atoms with van der Waals surface area (Å²) in [6, 6.07) is 11.6. The minimum Gasteiger partial charge on any atom is -0.382 e. The summed E-state index contributed by atoms with van der Waals surface area (Å²) >= 11 is 1.18. The van der Waals surface area contributed by atoms with Gasteiger partial charge >= 0.3 is 0 Å². The van der Waals surface area contributed by atoms with Gasteiger partial charge in [-0.1, -0.05) is 29.8 Å². The van der Waals surface area contributed by atoms with Crippen LogP contribution in [0, 0.1) is 29.6 Å². The molecule has 0 atom stereocenters. The zero-order valence-corrected chi connectivity index (χ0v) is 15.1. The van der Waals surface area contributed by atoms with Crippen molar-refractivity contribution in [1.82, 2.24) is 4.57 Å².